The summed E-state index contributed by atoms with van der Waals surface area (Å²) in [5.41, 5.74) is 5.53. The van der Waals surface area contributed by atoms with Crippen molar-refractivity contribution in [2.75, 3.05) is 62.7 Å². The molecule has 0 unspecified atom stereocenters. The fourth-order valence-electron chi connectivity index (χ4n) is 7.07. The highest BCUT2D eigenvalue weighted by molar-refractivity contribution is 7.15. The van der Waals surface area contributed by atoms with Crippen LogP contribution in [-0.2, 0) is 0 Å². The van der Waals surface area contributed by atoms with E-state index in [1.807, 2.05) is 6.92 Å². The molecule has 2 saturated heterocycles. The van der Waals surface area contributed by atoms with Gasteiger partial charge in [-0.15, -0.1) is 21.5 Å². The molecule has 3 aliphatic heterocycles. The number of piperidine rings is 1. The minimum Gasteiger partial charge on any atom is -0.497 e. The Bertz CT molecular complexity index is 1770. The summed E-state index contributed by atoms with van der Waals surface area (Å²) in [4.78, 5) is 13.2. The molecule has 0 saturated carbocycles. The van der Waals surface area contributed by atoms with E-state index in [1.165, 1.54) is 22.1 Å². The van der Waals surface area contributed by atoms with Crippen LogP contribution in [0.15, 0.2) is 47.5 Å². The molecule has 2 aromatic carbocycles. The van der Waals surface area contributed by atoms with Crippen LogP contribution in [0.5, 0.6) is 5.75 Å². The SMILES string of the molecule is COc1ccc(F)c(N2CCN(CC3(O)CCN(c4ccc(C5=N[C@@H](C)c6nnc(C)n6-c6sc(C)c(C)c65)cc4)CC3)CC2)c1. The summed E-state index contributed by atoms with van der Waals surface area (Å²) in [5, 5.41) is 21.5. The normalized spacial score (nSPS) is 19.8. The van der Waals surface area contributed by atoms with Gasteiger partial charge < -0.3 is 19.6 Å². The van der Waals surface area contributed by atoms with E-state index in [9.17, 15) is 9.50 Å². The van der Waals surface area contributed by atoms with E-state index in [0.717, 1.165) is 59.8 Å². The van der Waals surface area contributed by atoms with Crippen molar-refractivity contribution < 1.29 is 14.2 Å². The van der Waals surface area contributed by atoms with Gasteiger partial charge in [0.1, 0.15) is 28.4 Å². The Labute approximate surface area is 274 Å². The topological polar surface area (TPSA) is 82.2 Å². The second kappa shape index (κ2) is 12.1. The van der Waals surface area contributed by atoms with Crippen LogP contribution in [0, 0.1) is 26.6 Å². The summed E-state index contributed by atoms with van der Waals surface area (Å²) >= 11 is 1.78. The molecule has 242 valence electrons. The number of aliphatic hydroxyl groups is 1. The first-order chi connectivity index (χ1) is 22.1. The molecule has 0 aliphatic carbocycles. The molecule has 0 radical (unpaired) electrons. The van der Waals surface area contributed by atoms with Crippen LogP contribution in [0.1, 0.15) is 59.0 Å². The number of piperazine rings is 1. The van der Waals surface area contributed by atoms with Gasteiger partial charge >= 0.3 is 0 Å². The fraction of sp³-hybridized carbons (Fsp3) is 0.457. The monoisotopic (exact) mass is 643 g/mol. The number of benzene rings is 2. The van der Waals surface area contributed by atoms with Gasteiger partial charge in [0.2, 0.25) is 0 Å². The van der Waals surface area contributed by atoms with Crippen LogP contribution in [0.2, 0.25) is 0 Å². The molecule has 11 heteroatoms. The fourth-order valence-corrected chi connectivity index (χ4v) is 8.29. The highest BCUT2D eigenvalue weighted by atomic mass is 32.1. The molecule has 3 aliphatic rings. The number of ether oxygens (including phenoxy) is 1. The smallest absolute Gasteiger partial charge is 0.162 e. The van der Waals surface area contributed by atoms with Gasteiger partial charge in [-0.2, -0.15) is 0 Å². The average molecular weight is 644 g/mol. The third-order valence-electron chi connectivity index (χ3n) is 9.94. The van der Waals surface area contributed by atoms with Gasteiger partial charge in [-0.1, -0.05) is 12.1 Å². The minimum atomic E-state index is -0.729. The molecule has 5 heterocycles. The van der Waals surface area contributed by atoms with Crippen molar-refractivity contribution in [2.45, 2.75) is 52.2 Å². The summed E-state index contributed by atoms with van der Waals surface area (Å²) < 4.78 is 22.0. The van der Waals surface area contributed by atoms with Gasteiger partial charge in [0.25, 0.3) is 0 Å². The lowest BCUT2D eigenvalue weighted by atomic mass is 9.90. The summed E-state index contributed by atoms with van der Waals surface area (Å²) in [6.45, 7) is 13.7. The number of β-amino-alcohol motifs (C(OH)–C–C–N with tert-alkyl or cyclic N) is 1. The van der Waals surface area contributed by atoms with E-state index in [1.54, 1.807) is 30.6 Å². The van der Waals surface area contributed by atoms with Crippen molar-refractivity contribution in [1.29, 1.82) is 0 Å². The molecule has 0 spiro atoms. The predicted molar refractivity (Wildman–Crippen MR) is 182 cm³/mol. The Balaban J connectivity index is 0.997. The highest BCUT2D eigenvalue weighted by Gasteiger charge is 2.36. The van der Waals surface area contributed by atoms with E-state index in [2.05, 4.69) is 74.5 Å². The number of aliphatic imine (C=N–C) groups is 1. The maximum absolute atomic E-state index is 14.5. The molecule has 1 atom stereocenters. The molecule has 1 N–H and O–H groups in total. The zero-order chi connectivity index (χ0) is 32.2. The van der Waals surface area contributed by atoms with E-state index in [4.69, 9.17) is 9.73 Å². The summed E-state index contributed by atoms with van der Waals surface area (Å²) in [6, 6.07) is 13.5. The van der Waals surface area contributed by atoms with Crippen LogP contribution in [0.4, 0.5) is 15.8 Å². The number of hydrogen-bond donors (Lipinski definition) is 1. The number of aromatic nitrogens is 3. The number of rotatable bonds is 6. The third-order valence-corrected chi connectivity index (χ3v) is 11.1. The first-order valence-corrected chi connectivity index (χ1v) is 16.9. The van der Waals surface area contributed by atoms with Gasteiger partial charge in [0.15, 0.2) is 5.82 Å². The molecule has 2 aromatic heterocycles. The summed E-state index contributed by atoms with van der Waals surface area (Å²) in [7, 11) is 1.60. The second-order valence-corrected chi connectivity index (χ2v) is 14.1. The Hall–Kier alpha value is -3.80. The number of methoxy groups -OCH3 is 1. The molecular formula is C35H42FN7O2S. The van der Waals surface area contributed by atoms with Crippen LogP contribution < -0.4 is 14.5 Å². The Kier molecular flexibility index (Phi) is 8.11. The lowest BCUT2D eigenvalue weighted by Gasteiger charge is -2.44. The highest BCUT2D eigenvalue weighted by Crippen LogP contribution is 2.39. The van der Waals surface area contributed by atoms with Crippen molar-refractivity contribution in [2.24, 2.45) is 4.99 Å². The quantitative estimate of drug-likeness (QED) is 0.299. The average Bonchev–Trinajstić information content (AvgIpc) is 3.55. The standard InChI is InChI=1S/C35H42FN7O2S/c1-22-24(3)46-34-31(22)32(37-23(2)33-39-38-25(4)43(33)34)26-6-8-27(9-7-26)41-14-12-35(44,13-15-41)21-40-16-18-42(19-17-40)30-20-28(45-5)10-11-29(30)36/h6-11,20,23,44H,12-19,21H2,1-5H3/t23-/m0/s1. The predicted octanol–water partition coefficient (Wildman–Crippen LogP) is 5.47. The number of hydrogen-bond acceptors (Lipinski definition) is 9. The van der Waals surface area contributed by atoms with E-state index in [0.29, 0.717) is 43.9 Å². The van der Waals surface area contributed by atoms with Crippen molar-refractivity contribution in [3.8, 4) is 10.8 Å². The van der Waals surface area contributed by atoms with Crippen LogP contribution in [0.25, 0.3) is 5.00 Å². The molecule has 2 fully saturated rings. The number of fused-ring (bicyclic) bond motifs is 3. The molecule has 7 rings (SSSR count). The summed E-state index contributed by atoms with van der Waals surface area (Å²) in [6.07, 6.45) is 1.42. The third kappa shape index (κ3) is 5.58. The Morgan fingerprint density at radius 2 is 1.67 bits per heavy atom. The van der Waals surface area contributed by atoms with Gasteiger partial charge in [0.05, 0.1) is 24.1 Å². The number of thiophene rings is 1. The van der Waals surface area contributed by atoms with Crippen molar-refractivity contribution >= 4 is 28.4 Å². The largest absolute Gasteiger partial charge is 0.497 e. The number of anilines is 2. The van der Waals surface area contributed by atoms with Gasteiger partial charge in [-0.25, -0.2) is 4.39 Å². The maximum atomic E-state index is 14.5. The van der Waals surface area contributed by atoms with Crippen LogP contribution in [-0.4, -0.2) is 89.0 Å². The van der Waals surface area contributed by atoms with Crippen molar-refractivity contribution in [1.82, 2.24) is 19.7 Å². The lowest BCUT2D eigenvalue weighted by molar-refractivity contribution is -0.0173. The van der Waals surface area contributed by atoms with Gasteiger partial charge in [-0.05, 0) is 70.4 Å². The first kappa shape index (κ1) is 30.8. The van der Waals surface area contributed by atoms with E-state index in [-0.39, 0.29) is 11.9 Å². The van der Waals surface area contributed by atoms with Crippen molar-refractivity contribution in [3.05, 3.63) is 81.5 Å². The molecule has 9 nitrogen and oxygen atoms in total. The molecular weight excluding hydrogens is 601 g/mol. The van der Waals surface area contributed by atoms with Crippen LogP contribution in [0.3, 0.4) is 0 Å². The number of halogens is 1. The van der Waals surface area contributed by atoms with E-state index >= 15 is 0 Å². The van der Waals surface area contributed by atoms with Crippen molar-refractivity contribution in [3.63, 3.8) is 0 Å². The van der Waals surface area contributed by atoms with Gasteiger partial charge in [0, 0.05) is 73.6 Å². The molecule has 4 aromatic rings. The zero-order valence-electron chi connectivity index (χ0n) is 27.3. The first-order valence-electron chi connectivity index (χ1n) is 16.1. The lowest BCUT2D eigenvalue weighted by Crippen LogP contribution is -2.55. The Morgan fingerprint density at radius 1 is 0.957 bits per heavy atom. The molecule has 46 heavy (non-hydrogen) atoms. The molecule has 0 amide bonds. The number of nitrogens with zero attached hydrogens (tertiary/aromatic N) is 7. The summed E-state index contributed by atoms with van der Waals surface area (Å²) in [5.74, 6) is 2.18. The van der Waals surface area contributed by atoms with Gasteiger partial charge in [-0.3, -0.25) is 14.5 Å². The Morgan fingerprint density at radius 3 is 2.37 bits per heavy atom. The second-order valence-electron chi connectivity index (χ2n) is 12.9. The van der Waals surface area contributed by atoms with Crippen LogP contribution >= 0.6 is 11.3 Å². The molecule has 0 bridgehead atoms. The number of aryl methyl sites for hydroxylation is 2. The minimum absolute atomic E-state index is 0.110. The maximum Gasteiger partial charge on any atom is 0.162 e. The van der Waals surface area contributed by atoms with E-state index < -0.39 is 5.60 Å². The zero-order valence-corrected chi connectivity index (χ0v) is 28.1.